The largest absolute Gasteiger partial charge is 0.508 e. The summed E-state index contributed by atoms with van der Waals surface area (Å²) in [5.41, 5.74) is 1.63. The van der Waals surface area contributed by atoms with Crippen LogP contribution in [0.4, 0.5) is 15.8 Å². The zero-order valence-corrected chi connectivity index (χ0v) is 24.5. The molecule has 0 unspecified atom stereocenters. The van der Waals surface area contributed by atoms with Gasteiger partial charge >= 0.3 is 0 Å². The monoisotopic (exact) mass is 610 g/mol. The van der Waals surface area contributed by atoms with E-state index in [1.165, 1.54) is 23.1 Å². The molecule has 0 aromatic heterocycles. The molecule has 0 bridgehead atoms. The molecular weight excluding hydrogens is 583 g/mol. The van der Waals surface area contributed by atoms with Crippen LogP contribution < -0.4 is 9.80 Å². The number of nitrogens with zero attached hydrogens (tertiary/aromatic N) is 2. The summed E-state index contributed by atoms with van der Waals surface area (Å²) in [5.74, 6) is -5.59. The SMILES string of the molecule is C=Cc1ccc(N2C(=O)[C@H]3[C@H](CC=C4[C@H]3C[C@H]3C(=O)N(c5ccc(F)c(Cl)c5)C(=O)[C@@]3(C)[C@H]4c3cccc(O)c3)C2=O)cc1. The number of allylic oxidation sites excluding steroid dienone is 2. The summed E-state index contributed by atoms with van der Waals surface area (Å²) in [4.78, 5) is 58.7. The molecule has 3 aromatic carbocycles. The number of phenols is 1. The number of aromatic hydroxyl groups is 1. The minimum absolute atomic E-state index is 0.000675. The molecular formula is C35H28ClFN2O5. The molecule has 4 aliphatic rings. The molecule has 0 spiro atoms. The van der Waals surface area contributed by atoms with Crippen molar-refractivity contribution in [2.24, 2.45) is 29.1 Å². The Balaban J connectivity index is 1.35. The van der Waals surface area contributed by atoms with Gasteiger partial charge in [0.1, 0.15) is 11.6 Å². The van der Waals surface area contributed by atoms with E-state index in [2.05, 4.69) is 6.58 Å². The van der Waals surface area contributed by atoms with Crippen LogP contribution in [0.2, 0.25) is 5.02 Å². The number of rotatable bonds is 4. The minimum atomic E-state index is -1.28. The van der Waals surface area contributed by atoms with Crippen molar-refractivity contribution in [3.63, 3.8) is 0 Å². The summed E-state index contributed by atoms with van der Waals surface area (Å²) < 4.78 is 14.0. The average Bonchev–Trinajstić information content (AvgIpc) is 3.38. The summed E-state index contributed by atoms with van der Waals surface area (Å²) >= 11 is 6.05. The number of hydrogen-bond acceptors (Lipinski definition) is 5. The molecule has 3 aromatic rings. The molecule has 2 heterocycles. The highest BCUT2D eigenvalue weighted by molar-refractivity contribution is 6.32. The Labute approximate surface area is 258 Å². The number of fused-ring (bicyclic) bond motifs is 4. The zero-order valence-electron chi connectivity index (χ0n) is 23.7. The normalized spacial score (nSPS) is 29.3. The first-order chi connectivity index (χ1) is 21.1. The molecule has 2 aliphatic heterocycles. The summed E-state index contributed by atoms with van der Waals surface area (Å²) in [6.07, 6.45) is 4.11. The van der Waals surface area contributed by atoms with Crippen LogP contribution in [0.5, 0.6) is 5.75 Å². The second-order valence-electron chi connectivity index (χ2n) is 12.2. The number of benzene rings is 3. The fraction of sp³-hybridized carbons (Fsp3) is 0.257. The van der Waals surface area contributed by atoms with Gasteiger partial charge in [-0.3, -0.25) is 24.1 Å². The Morgan fingerprint density at radius 2 is 1.66 bits per heavy atom. The van der Waals surface area contributed by atoms with Gasteiger partial charge in [-0.05, 0) is 79.3 Å². The molecule has 0 radical (unpaired) electrons. The Bertz CT molecular complexity index is 1820. The second kappa shape index (κ2) is 9.99. The highest BCUT2D eigenvalue weighted by Crippen LogP contribution is 2.63. The lowest BCUT2D eigenvalue weighted by Gasteiger charge is -2.49. The number of imide groups is 2. The average molecular weight is 611 g/mol. The molecule has 222 valence electrons. The molecule has 4 amide bonds. The summed E-state index contributed by atoms with van der Waals surface area (Å²) in [5, 5.41) is 10.2. The van der Waals surface area contributed by atoms with E-state index >= 15 is 0 Å². The fourth-order valence-corrected chi connectivity index (χ4v) is 8.16. The van der Waals surface area contributed by atoms with E-state index in [1.807, 2.05) is 6.08 Å². The van der Waals surface area contributed by atoms with Gasteiger partial charge in [-0.2, -0.15) is 0 Å². The Morgan fingerprint density at radius 1 is 0.932 bits per heavy atom. The number of amides is 4. The van der Waals surface area contributed by atoms with Crippen LogP contribution in [-0.4, -0.2) is 28.7 Å². The van der Waals surface area contributed by atoms with Crippen molar-refractivity contribution in [1.29, 1.82) is 0 Å². The van der Waals surface area contributed by atoms with Gasteiger partial charge in [0, 0.05) is 5.92 Å². The van der Waals surface area contributed by atoms with Crippen LogP contribution in [0, 0.1) is 34.9 Å². The van der Waals surface area contributed by atoms with Crippen molar-refractivity contribution >= 4 is 52.7 Å². The predicted octanol–water partition coefficient (Wildman–Crippen LogP) is 6.26. The lowest BCUT2D eigenvalue weighted by atomic mass is 9.51. The molecule has 2 saturated heterocycles. The maximum Gasteiger partial charge on any atom is 0.241 e. The van der Waals surface area contributed by atoms with Crippen LogP contribution in [-0.2, 0) is 19.2 Å². The van der Waals surface area contributed by atoms with Gasteiger partial charge in [0.15, 0.2) is 0 Å². The van der Waals surface area contributed by atoms with Crippen LogP contribution in [0.3, 0.4) is 0 Å². The molecule has 1 saturated carbocycles. The standard InChI is InChI=1S/C35H28ClFN2O5/c1-3-18-7-9-20(10-8-18)38-31(41)24-13-12-23-25(29(24)33(38)43)17-26-32(42)39(21-11-14-28(37)27(36)16-21)34(44)35(26,2)30(23)19-5-4-6-22(40)15-19/h3-12,14-16,24-26,29-30,40H,1,13,17H2,2H3/t24-,25+,26-,29-,30-,35+/m0/s1. The molecule has 6 atom stereocenters. The number of phenolic OH excluding ortho intramolecular Hbond substituents is 1. The molecule has 7 rings (SSSR count). The number of anilines is 2. The predicted molar refractivity (Wildman–Crippen MR) is 163 cm³/mol. The maximum absolute atomic E-state index is 14.4. The number of carbonyl (C=O) groups excluding carboxylic acids is 4. The summed E-state index contributed by atoms with van der Waals surface area (Å²) in [6, 6.07) is 17.3. The van der Waals surface area contributed by atoms with Crippen LogP contribution in [0.15, 0.2) is 85.0 Å². The summed E-state index contributed by atoms with van der Waals surface area (Å²) in [7, 11) is 0. The number of halogens is 2. The van der Waals surface area contributed by atoms with Crippen LogP contribution in [0.25, 0.3) is 6.08 Å². The van der Waals surface area contributed by atoms with E-state index in [0.717, 1.165) is 22.1 Å². The van der Waals surface area contributed by atoms with Crippen molar-refractivity contribution in [3.8, 4) is 5.75 Å². The molecule has 2 aliphatic carbocycles. The van der Waals surface area contributed by atoms with Crippen molar-refractivity contribution in [2.45, 2.75) is 25.7 Å². The number of hydrogen-bond donors (Lipinski definition) is 1. The summed E-state index contributed by atoms with van der Waals surface area (Å²) in [6.45, 7) is 5.50. The topological polar surface area (TPSA) is 95.0 Å². The second-order valence-corrected chi connectivity index (χ2v) is 12.6. The highest BCUT2D eigenvalue weighted by atomic mass is 35.5. The molecule has 1 N–H and O–H groups in total. The van der Waals surface area contributed by atoms with Gasteiger partial charge in [-0.1, -0.05) is 60.2 Å². The third-order valence-electron chi connectivity index (χ3n) is 10.0. The first-order valence-corrected chi connectivity index (χ1v) is 14.9. The van der Waals surface area contributed by atoms with E-state index in [0.29, 0.717) is 17.7 Å². The van der Waals surface area contributed by atoms with Crippen LogP contribution in [0.1, 0.15) is 36.8 Å². The van der Waals surface area contributed by atoms with E-state index in [1.54, 1.807) is 55.5 Å². The Hall–Kier alpha value is -4.56. The quantitative estimate of drug-likeness (QED) is 0.278. The van der Waals surface area contributed by atoms with Crippen molar-refractivity contribution in [2.75, 3.05) is 9.80 Å². The smallest absolute Gasteiger partial charge is 0.241 e. The van der Waals surface area contributed by atoms with Gasteiger partial charge in [0.05, 0.1) is 39.6 Å². The first-order valence-electron chi connectivity index (χ1n) is 14.5. The third kappa shape index (κ3) is 3.86. The van der Waals surface area contributed by atoms with Crippen molar-refractivity contribution < 1.29 is 28.7 Å². The van der Waals surface area contributed by atoms with Crippen LogP contribution >= 0.6 is 11.6 Å². The Kier molecular flexibility index (Phi) is 6.41. The lowest BCUT2D eigenvalue weighted by Crippen LogP contribution is -2.48. The minimum Gasteiger partial charge on any atom is -0.508 e. The Morgan fingerprint density at radius 3 is 2.34 bits per heavy atom. The van der Waals surface area contributed by atoms with Gasteiger partial charge in [-0.25, -0.2) is 9.29 Å². The van der Waals surface area contributed by atoms with Crippen molar-refractivity contribution in [3.05, 3.63) is 107 Å². The van der Waals surface area contributed by atoms with E-state index in [4.69, 9.17) is 11.6 Å². The van der Waals surface area contributed by atoms with E-state index < -0.39 is 52.6 Å². The van der Waals surface area contributed by atoms with Crippen molar-refractivity contribution in [1.82, 2.24) is 0 Å². The first kappa shape index (κ1) is 28.2. The highest BCUT2D eigenvalue weighted by Gasteiger charge is 2.67. The van der Waals surface area contributed by atoms with E-state index in [9.17, 15) is 28.7 Å². The maximum atomic E-state index is 14.4. The molecule has 3 fully saturated rings. The molecule has 44 heavy (non-hydrogen) atoms. The van der Waals surface area contributed by atoms with Gasteiger partial charge < -0.3 is 5.11 Å². The van der Waals surface area contributed by atoms with Gasteiger partial charge in [0.25, 0.3) is 0 Å². The number of carbonyl (C=O) groups is 4. The third-order valence-corrected chi connectivity index (χ3v) is 10.3. The molecule has 9 heteroatoms. The van der Waals surface area contributed by atoms with Gasteiger partial charge in [0.2, 0.25) is 23.6 Å². The molecule has 7 nitrogen and oxygen atoms in total. The van der Waals surface area contributed by atoms with Gasteiger partial charge in [-0.15, -0.1) is 0 Å². The lowest BCUT2D eigenvalue weighted by molar-refractivity contribution is -0.131. The zero-order chi connectivity index (χ0) is 31.1. The van der Waals surface area contributed by atoms with E-state index in [-0.39, 0.29) is 34.7 Å². The fourth-order valence-electron chi connectivity index (χ4n) is 7.98.